The van der Waals surface area contributed by atoms with E-state index in [0.717, 1.165) is 16.7 Å². The van der Waals surface area contributed by atoms with Crippen molar-refractivity contribution in [3.63, 3.8) is 0 Å². The number of nitrogens with zero attached hydrogens (tertiary/aromatic N) is 1. The van der Waals surface area contributed by atoms with E-state index in [9.17, 15) is 4.21 Å². The van der Waals surface area contributed by atoms with Crippen LogP contribution in [0.4, 0.5) is 0 Å². The summed E-state index contributed by atoms with van der Waals surface area (Å²) in [6.07, 6.45) is 3.77. The van der Waals surface area contributed by atoms with Gasteiger partial charge in [-0.05, 0) is 38.0 Å². The summed E-state index contributed by atoms with van der Waals surface area (Å²) in [5.74, 6) is 0. The van der Waals surface area contributed by atoms with Gasteiger partial charge in [-0.1, -0.05) is 60.7 Å². The first kappa shape index (κ1) is 16.4. The maximum absolute atomic E-state index is 12.1. The summed E-state index contributed by atoms with van der Waals surface area (Å²) in [5, 5.41) is 0. The van der Waals surface area contributed by atoms with Crippen molar-refractivity contribution in [2.75, 3.05) is 0 Å². The van der Waals surface area contributed by atoms with Crippen LogP contribution in [0, 0.1) is 0 Å². The van der Waals surface area contributed by atoms with Gasteiger partial charge >= 0.3 is 0 Å². The van der Waals surface area contributed by atoms with Crippen LogP contribution in [0.5, 0.6) is 0 Å². The van der Waals surface area contributed by atoms with Gasteiger partial charge in [0.1, 0.15) is 11.0 Å². The molecule has 0 heterocycles. The van der Waals surface area contributed by atoms with E-state index in [0.29, 0.717) is 0 Å². The molecule has 0 spiro atoms. The summed E-state index contributed by atoms with van der Waals surface area (Å²) in [5.41, 5.74) is 3.10. The Kier molecular flexibility index (Phi) is 5.45. The van der Waals surface area contributed by atoms with Crippen LogP contribution in [0.25, 0.3) is 11.6 Å². The minimum absolute atomic E-state index is 0.356. The molecule has 1 atom stereocenters. The molecule has 1 unspecified atom stereocenters. The third-order valence-corrected chi connectivity index (χ3v) is 4.38. The van der Waals surface area contributed by atoms with Crippen LogP contribution in [0.15, 0.2) is 65.1 Å². The van der Waals surface area contributed by atoms with Gasteiger partial charge in [0.15, 0.2) is 0 Å². The number of hydrogen-bond acceptors (Lipinski definition) is 1. The van der Waals surface area contributed by atoms with Crippen molar-refractivity contribution in [2.24, 2.45) is 4.40 Å². The maximum Gasteiger partial charge on any atom is 0.144 e. The zero-order valence-electron chi connectivity index (χ0n) is 13.2. The van der Waals surface area contributed by atoms with E-state index < -0.39 is 11.0 Å². The van der Waals surface area contributed by atoms with E-state index in [1.807, 2.05) is 81.4 Å². The second kappa shape index (κ2) is 7.32. The topological polar surface area (TPSA) is 29.4 Å². The Labute approximate surface area is 135 Å². The Hall–Kier alpha value is -2.00. The molecular formula is C19H21NOS. The normalized spacial score (nSPS) is 14.2. The van der Waals surface area contributed by atoms with Gasteiger partial charge in [-0.25, -0.2) is 4.21 Å². The highest BCUT2D eigenvalue weighted by Crippen LogP contribution is 2.18. The van der Waals surface area contributed by atoms with Crippen LogP contribution in [-0.2, 0) is 11.0 Å². The lowest BCUT2D eigenvalue weighted by Crippen LogP contribution is -2.19. The van der Waals surface area contributed by atoms with Crippen molar-refractivity contribution >= 4 is 28.8 Å². The molecule has 0 saturated heterocycles. The molecule has 0 radical (unpaired) electrons. The summed E-state index contributed by atoms with van der Waals surface area (Å²) < 4.78 is 16.0. The molecule has 22 heavy (non-hydrogen) atoms. The molecule has 2 aromatic carbocycles. The van der Waals surface area contributed by atoms with Crippen molar-refractivity contribution in [3.8, 4) is 0 Å². The minimum Gasteiger partial charge on any atom is -0.234 e. The lowest BCUT2D eigenvalue weighted by molar-refractivity contribution is 0.651. The van der Waals surface area contributed by atoms with Crippen molar-refractivity contribution in [2.45, 2.75) is 25.5 Å². The fraction of sp³-hybridized carbons (Fsp3) is 0.211. The maximum atomic E-state index is 12.1. The first-order chi connectivity index (χ1) is 10.5. The van der Waals surface area contributed by atoms with Gasteiger partial charge in [0.2, 0.25) is 0 Å². The minimum atomic E-state index is -1.26. The number of rotatable bonds is 4. The Morgan fingerprint density at radius 1 is 0.955 bits per heavy atom. The monoisotopic (exact) mass is 311 g/mol. The number of benzene rings is 2. The molecule has 0 amide bonds. The van der Waals surface area contributed by atoms with Gasteiger partial charge in [-0.2, -0.15) is 4.40 Å². The van der Waals surface area contributed by atoms with Crippen molar-refractivity contribution in [1.82, 2.24) is 0 Å². The summed E-state index contributed by atoms with van der Waals surface area (Å²) in [6, 6.07) is 20.1. The Balaban J connectivity index is 2.37. The van der Waals surface area contributed by atoms with Crippen LogP contribution in [0.1, 0.15) is 31.9 Å². The lowest BCUT2D eigenvalue weighted by atomic mass is 10.0. The van der Waals surface area contributed by atoms with E-state index in [4.69, 9.17) is 0 Å². The van der Waals surface area contributed by atoms with Crippen LogP contribution >= 0.6 is 0 Å². The predicted octanol–water partition coefficient (Wildman–Crippen LogP) is 4.76. The van der Waals surface area contributed by atoms with Gasteiger partial charge < -0.3 is 0 Å². The Bertz CT molecular complexity index is 682. The molecule has 2 nitrogen and oxygen atoms in total. The molecule has 3 heteroatoms. The molecule has 0 N–H and O–H groups in total. The number of allylic oxidation sites excluding steroid dienone is 1. The van der Waals surface area contributed by atoms with Crippen LogP contribution in [0.3, 0.4) is 0 Å². The van der Waals surface area contributed by atoms with E-state index in [1.165, 1.54) is 0 Å². The van der Waals surface area contributed by atoms with Crippen molar-refractivity contribution in [1.29, 1.82) is 0 Å². The molecule has 2 aromatic rings. The quantitative estimate of drug-likeness (QED) is 0.591. The van der Waals surface area contributed by atoms with Crippen LogP contribution in [-0.4, -0.2) is 15.2 Å². The van der Waals surface area contributed by atoms with E-state index in [-0.39, 0.29) is 4.75 Å². The molecule has 114 valence electrons. The standard InChI is InChI=1S/C19H21NOS/c1-19(2,3)22(21)20-15-18(17-12-8-5-9-13-17)14-16-10-6-4-7-11-16/h4-15H,1-3H3/b18-14+,20-15+. The lowest BCUT2D eigenvalue weighted by Gasteiger charge is -2.13. The Morgan fingerprint density at radius 3 is 2.05 bits per heavy atom. The Morgan fingerprint density at radius 2 is 1.50 bits per heavy atom. The molecule has 0 bridgehead atoms. The highest BCUT2D eigenvalue weighted by molar-refractivity contribution is 7.85. The molecular weight excluding hydrogens is 290 g/mol. The fourth-order valence-corrected chi connectivity index (χ4v) is 2.34. The largest absolute Gasteiger partial charge is 0.234 e. The van der Waals surface area contributed by atoms with E-state index in [1.54, 1.807) is 6.21 Å². The van der Waals surface area contributed by atoms with Crippen molar-refractivity contribution in [3.05, 3.63) is 71.8 Å². The van der Waals surface area contributed by atoms with Gasteiger partial charge in [0.05, 0.1) is 4.75 Å². The molecule has 0 aliphatic heterocycles. The first-order valence-electron chi connectivity index (χ1n) is 7.25. The zero-order chi connectivity index (χ0) is 16.0. The van der Waals surface area contributed by atoms with Gasteiger partial charge in [-0.15, -0.1) is 0 Å². The number of hydrogen-bond donors (Lipinski definition) is 0. The van der Waals surface area contributed by atoms with Gasteiger partial charge in [0, 0.05) is 11.8 Å². The average Bonchev–Trinajstić information content (AvgIpc) is 2.52. The highest BCUT2D eigenvalue weighted by atomic mass is 32.2. The predicted molar refractivity (Wildman–Crippen MR) is 97.1 cm³/mol. The van der Waals surface area contributed by atoms with E-state index >= 15 is 0 Å². The fourth-order valence-electron chi connectivity index (χ4n) is 1.82. The van der Waals surface area contributed by atoms with Gasteiger partial charge in [-0.3, -0.25) is 0 Å². The van der Waals surface area contributed by atoms with Crippen molar-refractivity contribution < 1.29 is 4.21 Å². The smallest absolute Gasteiger partial charge is 0.144 e. The summed E-state index contributed by atoms with van der Waals surface area (Å²) in [7, 11) is -1.26. The molecule has 2 rings (SSSR count). The van der Waals surface area contributed by atoms with Crippen LogP contribution < -0.4 is 0 Å². The van der Waals surface area contributed by atoms with E-state index in [2.05, 4.69) is 10.5 Å². The average molecular weight is 311 g/mol. The summed E-state index contributed by atoms with van der Waals surface area (Å²) >= 11 is 0. The third kappa shape index (κ3) is 4.78. The van der Waals surface area contributed by atoms with Gasteiger partial charge in [0.25, 0.3) is 0 Å². The van der Waals surface area contributed by atoms with Crippen LogP contribution in [0.2, 0.25) is 0 Å². The SMILES string of the molecule is CC(C)(C)S(=O)/N=C/C(=C\c1ccccc1)c1ccccc1. The zero-order valence-corrected chi connectivity index (χ0v) is 14.0. The molecule has 0 aliphatic rings. The summed E-state index contributed by atoms with van der Waals surface area (Å²) in [6.45, 7) is 5.76. The highest BCUT2D eigenvalue weighted by Gasteiger charge is 2.18. The molecule has 0 fully saturated rings. The second-order valence-corrected chi connectivity index (χ2v) is 7.91. The molecule has 0 aromatic heterocycles. The summed E-state index contributed by atoms with van der Waals surface area (Å²) in [4.78, 5) is 0. The second-order valence-electron chi connectivity index (χ2n) is 5.97. The molecule has 0 saturated carbocycles. The third-order valence-electron chi connectivity index (χ3n) is 3.04. The molecule has 0 aliphatic carbocycles. The first-order valence-corrected chi connectivity index (χ1v) is 8.36.